The van der Waals surface area contributed by atoms with E-state index in [2.05, 4.69) is 78.9 Å². The number of fused-ring (bicyclic) bond motifs is 4. The Kier molecular flexibility index (Phi) is 4.07. The summed E-state index contributed by atoms with van der Waals surface area (Å²) in [4.78, 5) is 0. The van der Waals surface area contributed by atoms with Crippen molar-refractivity contribution in [3.05, 3.63) is 90.5 Å². The largest absolute Gasteiger partial charge is 0.458 e. The van der Waals surface area contributed by atoms with E-state index in [1.165, 1.54) is 60.6 Å². The number of hydrogen-bond acceptors (Lipinski definition) is 2. The molecule has 0 unspecified atom stereocenters. The van der Waals surface area contributed by atoms with Crippen LogP contribution in [0.15, 0.2) is 84.9 Å². The normalized spacial score (nSPS) is 27.6. The first-order valence-electron chi connectivity index (χ1n) is 14.1. The molecule has 10 rings (SSSR count). The monoisotopic (exact) mass is 480 g/mol. The van der Waals surface area contributed by atoms with Gasteiger partial charge in [0.15, 0.2) is 0 Å². The molecular weight excluding hydrogens is 451 g/mol. The van der Waals surface area contributed by atoms with Gasteiger partial charge >= 0.3 is 0 Å². The Hall–Kier alpha value is -3.46. The summed E-state index contributed by atoms with van der Waals surface area (Å²) < 4.78 is 12.9. The highest BCUT2D eigenvalue weighted by Crippen LogP contribution is 2.61. The lowest BCUT2D eigenvalue weighted by Gasteiger charge is -2.57. The van der Waals surface area contributed by atoms with Gasteiger partial charge in [-0.3, -0.25) is 0 Å². The van der Waals surface area contributed by atoms with Crippen molar-refractivity contribution in [2.24, 2.45) is 17.8 Å². The fourth-order valence-electron chi connectivity index (χ4n) is 9.18. The Labute approximate surface area is 218 Å². The van der Waals surface area contributed by atoms with Crippen molar-refractivity contribution in [3.8, 4) is 34.1 Å². The van der Waals surface area contributed by atoms with Crippen LogP contribution in [0.5, 0.6) is 23.0 Å². The molecule has 180 valence electrons. The van der Waals surface area contributed by atoms with Gasteiger partial charge in [0.05, 0.1) is 0 Å². The van der Waals surface area contributed by atoms with Gasteiger partial charge in [0, 0.05) is 5.46 Å². The van der Waals surface area contributed by atoms with E-state index in [4.69, 9.17) is 9.47 Å². The van der Waals surface area contributed by atoms with Crippen molar-refractivity contribution >= 4 is 23.1 Å². The van der Waals surface area contributed by atoms with Gasteiger partial charge in [-0.2, -0.15) is 0 Å². The molecule has 0 atom stereocenters. The highest BCUT2D eigenvalue weighted by atomic mass is 16.5. The van der Waals surface area contributed by atoms with E-state index in [1.54, 1.807) is 5.56 Å². The number of ether oxygens (including phenoxy) is 2. The molecule has 4 aromatic rings. The van der Waals surface area contributed by atoms with Crippen LogP contribution in [0.1, 0.15) is 44.1 Å². The summed E-state index contributed by atoms with van der Waals surface area (Å²) in [5.74, 6) is 6.55. The van der Waals surface area contributed by atoms with Crippen LogP contribution in [0.25, 0.3) is 11.1 Å². The number of hydrogen-bond donors (Lipinski definition) is 0. The van der Waals surface area contributed by atoms with Crippen LogP contribution in [-0.2, 0) is 5.41 Å². The summed E-state index contributed by atoms with van der Waals surface area (Å²) in [7, 11) is 0. The molecule has 0 saturated heterocycles. The number of rotatable bonds is 2. The molecule has 4 aliphatic carbocycles. The second-order valence-electron chi connectivity index (χ2n) is 12.3. The van der Waals surface area contributed by atoms with Crippen LogP contribution in [0.3, 0.4) is 0 Å². The number of para-hydroxylation sites is 1. The molecule has 0 radical (unpaired) electrons. The molecule has 4 bridgehead atoms. The second-order valence-corrected chi connectivity index (χ2v) is 12.3. The summed E-state index contributed by atoms with van der Waals surface area (Å²) in [5.41, 5.74) is 8.23. The minimum absolute atomic E-state index is 0.132. The van der Waals surface area contributed by atoms with Crippen molar-refractivity contribution in [2.75, 3.05) is 0 Å². The van der Waals surface area contributed by atoms with Crippen molar-refractivity contribution in [1.82, 2.24) is 0 Å². The molecule has 0 aromatic heterocycles. The van der Waals surface area contributed by atoms with Gasteiger partial charge in [-0.15, -0.1) is 0 Å². The summed E-state index contributed by atoms with van der Waals surface area (Å²) in [5, 5.41) is 0. The maximum atomic E-state index is 6.61. The van der Waals surface area contributed by atoms with Crippen molar-refractivity contribution < 1.29 is 9.47 Å². The quantitative estimate of drug-likeness (QED) is 0.262. The highest BCUT2D eigenvalue weighted by Gasteiger charge is 2.52. The molecule has 2 nitrogen and oxygen atoms in total. The molecule has 2 aliphatic heterocycles. The molecule has 4 saturated carbocycles. The molecule has 0 N–H and O–H groups in total. The lowest BCUT2D eigenvalue weighted by atomic mass is 9.35. The van der Waals surface area contributed by atoms with Crippen molar-refractivity contribution in [2.45, 2.75) is 43.9 Å². The summed E-state index contributed by atoms with van der Waals surface area (Å²) in [6.07, 6.45) is 8.57. The van der Waals surface area contributed by atoms with Gasteiger partial charge in [-0.25, -0.2) is 0 Å². The van der Waals surface area contributed by atoms with Crippen LogP contribution in [0.4, 0.5) is 0 Å². The number of benzene rings is 4. The second kappa shape index (κ2) is 7.31. The Morgan fingerprint density at radius 3 is 2.00 bits per heavy atom. The molecule has 0 amide bonds. The lowest BCUT2D eigenvalue weighted by Crippen LogP contribution is -2.57. The minimum Gasteiger partial charge on any atom is -0.458 e. The van der Waals surface area contributed by atoms with Crippen LogP contribution in [0.2, 0.25) is 0 Å². The van der Waals surface area contributed by atoms with Crippen LogP contribution in [-0.4, -0.2) is 6.71 Å². The molecule has 37 heavy (non-hydrogen) atoms. The average molecular weight is 480 g/mol. The Morgan fingerprint density at radius 1 is 0.595 bits per heavy atom. The zero-order valence-electron chi connectivity index (χ0n) is 21.0. The predicted molar refractivity (Wildman–Crippen MR) is 149 cm³/mol. The van der Waals surface area contributed by atoms with Gasteiger partial charge in [0.25, 0.3) is 6.71 Å². The van der Waals surface area contributed by atoms with E-state index in [-0.39, 0.29) is 6.71 Å². The molecule has 0 spiro atoms. The zero-order chi connectivity index (χ0) is 24.1. The molecule has 3 heteroatoms. The summed E-state index contributed by atoms with van der Waals surface area (Å²) in [6.45, 7) is 0.132. The SMILES string of the molecule is c1ccc2c(c1)Oc1cccc3c1B2c1ccc(-c2ccccc2C24CC5CC(CC(C5)C2)C4)cc1O3. The van der Waals surface area contributed by atoms with Crippen LogP contribution >= 0.6 is 0 Å². The van der Waals surface area contributed by atoms with Crippen LogP contribution < -0.4 is 25.9 Å². The van der Waals surface area contributed by atoms with Crippen molar-refractivity contribution in [3.63, 3.8) is 0 Å². The Balaban J connectivity index is 1.19. The fourth-order valence-corrected chi connectivity index (χ4v) is 9.18. The first-order chi connectivity index (χ1) is 18.2. The third kappa shape index (κ3) is 2.89. The maximum absolute atomic E-state index is 6.61. The van der Waals surface area contributed by atoms with Crippen LogP contribution in [0, 0.1) is 17.8 Å². The summed E-state index contributed by atoms with van der Waals surface area (Å²) in [6, 6.07) is 30.9. The van der Waals surface area contributed by atoms with E-state index in [0.717, 1.165) is 46.2 Å². The smallest absolute Gasteiger partial charge is 0.260 e. The third-order valence-electron chi connectivity index (χ3n) is 10.2. The maximum Gasteiger partial charge on any atom is 0.260 e. The van der Waals surface area contributed by atoms with E-state index in [1.807, 2.05) is 6.07 Å². The van der Waals surface area contributed by atoms with E-state index in [0.29, 0.717) is 5.41 Å². The van der Waals surface area contributed by atoms with E-state index >= 15 is 0 Å². The van der Waals surface area contributed by atoms with E-state index in [9.17, 15) is 0 Å². The van der Waals surface area contributed by atoms with Crippen molar-refractivity contribution in [1.29, 1.82) is 0 Å². The summed E-state index contributed by atoms with van der Waals surface area (Å²) >= 11 is 0. The zero-order valence-corrected chi connectivity index (χ0v) is 21.0. The molecule has 4 aromatic carbocycles. The standard InChI is InChI=1S/C34H29BO2/c1-2-7-26(34-18-21-14-22(19-34)16-23(15-21)20-34)25(6-1)24-12-13-28-32(17-24)37-31-11-5-10-30-33(31)35(28)27-8-3-4-9-29(27)36-30/h1-13,17,21-23H,14-16,18-20H2. The lowest BCUT2D eigenvalue weighted by molar-refractivity contribution is -0.00492. The first kappa shape index (κ1) is 20.6. The molecular formula is C34H29BO2. The van der Waals surface area contributed by atoms with Gasteiger partial charge in [-0.1, -0.05) is 60.7 Å². The van der Waals surface area contributed by atoms with Gasteiger partial charge in [-0.05, 0) is 114 Å². The first-order valence-corrected chi connectivity index (χ1v) is 14.1. The van der Waals surface area contributed by atoms with Gasteiger partial charge in [0.2, 0.25) is 0 Å². The van der Waals surface area contributed by atoms with Gasteiger partial charge in [0.1, 0.15) is 23.0 Å². The highest BCUT2D eigenvalue weighted by molar-refractivity contribution is 6.98. The molecule has 6 aliphatic rings. The third-order valence-corrected chi connectivity index (χ3v) is 10.2. The minimum atomic E-state index is 0.132. The topological polar surface area (TPSA) is 18.5 Å². The van der Waals surface area contributed by atoms with Gasteiger partial charge < -0.3 is 9.47 Å². The average Bonchev–Trinajstić information content (AvgIpc) is 2.92. The Bertz CT molecular complexity index is 1550. The fraction of sp³-hybridized carbons (Fsp3) is 0.294. The molecule has 2 heterocycles. The molecule has 4 fully saturated rings. The van der Waals surface area contributed by atoms with E-state index < -0.39 is 0 Å². The Morgan fingerprint density at radius 2 is 1.22 bits per heavy atom. The predicted octanol–water partition coefficient (Wildman–Crippen LogP) is 6.55.